The Hall–Kier alpha value is -2.11. The third kappa shape index (κ3) is 4.68. The Morgan fingerprint density at radius 3 is 2.57 bits per heavy atom. The van der Waals surface area contributed by atoms with Gasteiger partial charge in [-0.2, -0.15) is 0 Å². The molecule has 0 spiro atoms. The Morgan fingerprint density at radius 1 is 1.17 bits per heavy atom. The molecule has 0 saturated carbocycles. The first-order valence-corrected chi connectivity index (χ1v) is 7.35. The van der Waals surface area contributed by atoms with Gasteiger partial charge in [-0.05, 0) is 43.3 Å². The van der Waals surface area contributed by atoms with Crippen LogP contribution in [0.4, 0.5) is 10.1 Å². The lowest BCUT2D eigenvalue weighted by atomic mass is 10.2. The van der Waals surface area contributed by atoms with Gasteiger partial charge in [0.25, 0.3) is 5.91 Å². The molecule has 1 N–H and O–H groups in total. The Labute approximate surface area is 142 Å². The normalized spacial score (nSPS) is 11.7. The smallest absolute Gasteiger partial charge is 0.338 e. The third-order valence-corrected chi connectivity index (χ3v) is 3.45. The van der Waals surface area contributed by atoms with Crippen LogP contribution in [-0.2, 0) is 9.53 Å². The number of anilines is 1. The lowest BCUT2D eigenvalue weighted by Crippen LogP contribution is -2.30. The second kappa shape index (κ2) is 7.44. The van der Waals surface area contributed by atoms with E-state index in [4.69, 9.17) is 27.9 Å². The van der Waals surface area contributed by atoms with Gasteiger partial charge in [-0.1, -0.05) is 29.3 Å². The van der Waals surface area contributed by atoms with Crippen LogP contribution >= 0.6 is 23.2 Å². The van der Waals surface area contributed by atoms with Crippen LogP contribution in [0.3, 0.4) is 0 Å². The zero-order chi connectivity index (χ0) is 17.0. The topological polar surface area (TPSA) is 55.4 Å². The van der Waals surface area contributed by atoms with Gasteiger partial charge in [-0.15, -0.1) is 0 Å². The fourth-order valence-electron chi connectivity index (χ4n) is 1.72. The number of hydrogen-bond donors (Lipinski definition) is 1. The van der Waals surface area contributed by atoms with Gasteiger partial charge in [-0.3, -0.25) is 4.79 Å². The minimum atomic E-state index is -1.07. The molecule has 2 aromatic carbocycles. The number of amides is 1. The van der Waals surface area contributed by atoms with Gasteiger partial charge in [-0.25, -0.2) is 9.18 Å². The van der Waals surface area contributed by atoms with Crippen LogP contribution in [0.5, 0.6) is 0 Å². The number of rotatable bonds is 4. The van der Waals surface area contributed by atoms with Crippen molar-refractivity contribution >= 4 is 40.8 Å². The number of carbonyl (C=O) groups excluding carboxylic acids is 2. The summed E-state index contributed by atoms with van der Waals surface area (Å²) in [6.07, 6.45) is -1.07. The number of hydrogen-bond acceptors (Lipinski definition) is 3. The zero-order valence-electron chi connectivity index (χ0n) is 12.0. The second-order valence-corrected chi connectivity index (χ2v) is 5.51. The highest BCUT2D eigenvalue weighted by molar-refractivity contribution is 6.33. The molecule has 1 atom stereocenters. The molecule has 0 bridgehead atoms. The molecule has 2 rings (SSSR count). The van der Waals surface area contributed by atoms with Gasteiger partial charge in [0, 0.05) is 5.02 Å². The van der Waals surface area contributed by atoms with Gasteiger partial charge in [0.2, 0.25) is 0 Å². The van der Waals surface area contributed by atoms with Crippen LogP contribution in [0.1, 0.15) is 17.3 Å². The molecule has 23 heavy (non-hydrogen) atoms. The number of nitrogens with one attached hydrogen (secondary N) is 1. The standard InChI is InChI=1S/C16H12Cl2FNO3/c1-9(23-16(22)10-3-2-4-11(17)7-10)15(21)20-14-6-5-12(19)8-13(14)18/h2-9H,1H3,(H,20,21). The molecule has 1 amide bonds. The maximum Gasteiger partial charge on any atom is 0.338 e. The maximum atomic E-state index is 13.0. The molecule has 120 valence electrons. The first-order chi connectivity index (χ1) is 10.9. The molecular weight excluding hydrogens is 344 g/mol. The quantitative estimate of drug-likeness (QED) is 0.831. The molecule has 2 aromatic rings. The van der Waals surface area contributed by atoms with Gasteiger partial charge in [0.1, 0.15) is 5.82 Å². The SMILES string of the molecule is CC(OC(=O)c1cccc(Cl)c1)C(=O)Nc1ccc(F)cc1Cl. The average Bonchev–Trinajstić information content (AvgIpc) is 2.49. The summed E-state index contributed by atoms with van der Waals surface area (Å²) < 4.78 is 18.0. The van der Waals surface area contributed by atoms with E-state index in [1.54, 1.807) is 12.1 Å². The molecule has 0 saturated heterocycles. The molecule has 0 aliphatic heterocycles. The highest BCUT2D eigenvalue weighted by Gasteiger charge is 2.20. The molecule has 0 aliphatic carbocycles. The van der Waals surface area contributed by atoms with Crippen LogP contribution in [-0.4, -0.2) is 18.0 Å². The Morgan fingerprint density at radius 2 is 1.91 bits per heavy atom. The van der Waals surface area contributed by atoms with Gasteiger partial charge >= 0.3 is 5.97 Å². The van der Waals surface area contributed by atoms with Crippen molar-refractivity contribution in [1.29, 1.82) is 0 Å². The van der Waals surface area contributed by atoms with E-state index in [1.807, 2.05) is 0 Å². The van der Waals surface area contributed by atoms with Crippen molar-refractivity contribution in [3.8, 4) is 0 Å². The summed E-state index contributed by atoms with van der Waals surface area (Å²) in [5.41, 5.74) is 0.459. The molecule has 1 unspecified atom stereocenters. The Balaban J connectivity index is 2.01. The number of esters is 1. The van der Waals surface area contributed by atoms with E-state index < -0.39 is 23.8 Å². The van der Waals surface area contributed by atoms with E-state index in [2.05, 4.69) is 5.32 Å². The van der Waals surface area contributed by atoms with Crippen LogP contribution in [0, 0.1) is 5.82 Å². The first-order valence-electron chi connectivity index (χ1n) is 6.59. The van der Waals surface area contributed by atoms with Crippen LogP contribution in [0.2, 0.25) is 10.0 Å². The molecule has 4 nitrogen and oxygen atoms in total. The molecule has 0 aromatic heterocycles. The van der Waals surface area contributed by atoms with Crippen LogP contribution in [0.15, 0.2) is 42.5 Å². The summed E-state index contributed by atoms with van der Waals surface area (Å²) in [4.78, 5) is 24.0. The Bertz CT molecular complexity index is 752. The highest BCUT2D eigenvalue weighted by Crippen LogP contribution is 2.22. The third-order valence-electron chi connectivity index (χ3n) is 2.90. The maximum absolute atomic E-state index is 13.0. The number of benzene rings is 2. The first kappa shape index (κ1) is 17.2. The van der Waals surface area contributed by atoms with E-state index in [1.165, 1.54) is 25.1 Å². The molecular formula is C16H12Cl2FNO3. The number of halogens is 3. The second-order valence-electron chi connectivity index (χ2n) is 4.67. The van der Waals surface area contributed by atoms with Crippen molar-refractivity contribution in [3.63, 3.8) is 0 Å². The molecule has 0 fully saturated rings. The van der Waals surface area contributed by atoms with E-state index in [-0.39, 0.29) is 16.3 Å². The van der Waals surface area contributed by atoms with Crippen LogP contribution in [0.25, 0.3) is 0 Å². The lowest BCUT2D eigenvalue weighted by Gasteiger charge is -2.14. The van der Waals surface area contributed by atoms with E-state index in [0.29, 0.717) is 5.02 Å². The number of ether oxygens (including phenoxy) is 1. The Kier molecular flexibility index (Phi) is 5.58. The molecule has 0 radical (unpaired) electrons. The highest BCUT2D eigenvalue weighted by atomic mass is 35.5. The summed E-state index contributed by atoms with van der Waals surface area (Å²) in [5.74, 6) is -1.79. The predicted molar refractivity (Wildman–Crippen MR) is 86.4 cm³/mol. The summed E-state index contributed by atoms with van der Waals surface area (Å²) in [7, 11) is 0. The van der Waals surface area contributed by atoms with Crippen molar-refractivity contribution < 1.29 is 18.7 Å². The van der Waals surface area contributed by atoms with Gasteiger partial charge in [0.05, 0.1) is 16.3 Å². The van der Waals surface area contributed by atoms with Gasteiger partial charge in [0.15, 0.2) is 6.10 Å². The summed E-state index contributed by atoms with van der Waals surface area (Å²) in [5, 5.41) is 2.90. The zero-order valence-corrected chi connectivity index (χ0v) is 13.5. The molecule has 7 heteroatoms. The minimum Gasteiger partial charge on any atom is -0.449 e. The fourth-order valence-corrected chi connectivity index (χ4v) is 2.13. The molecule has 0 heterocycles. The van der Waals surface area contributed by atoms with Crippen molar-refractivity contribution in [2.75, 3.05) is 5.32 Å². The van der Waals surface area contributed by atoms with Crippen molar-refractivity contribution in [2.45, 2.75) is 13.0 Å². The monoisotopic (exact) mass is 355 g/mol. The van der Waals surface area contributed by atoms with Crippen molar-refractivity contribution in [1.82, 2.24) is 0 Å². The predicted octanol–water partition coefficient (Wildman–Crippen LogP) is 4.32. The van der Waals surface area contributed by atoms with Crippen LogP contribution < -0.4 is 5.32 Å². The van der Waals surface area contributed by atoms with Crippen molar-refractivity contribution in [3.05, 3.63) is 63.9 Å². The molecule has 0 aliphatic rings. The number of carbonyl (C=O) groups is 2. The average molecular weight is 356 g/mol. The summed E-state index contributed by atoms with van der Waals surface area (Å²) in [6, 6.07) is 9.72. The lowest BCUT2D eigenvalue weighted by molar-refractivity contribution is -0.123. The fraction of sp³-hybridized carbons (Fsp3) is 0.125. The van der Waals surface area contributed by atoms with E-state index in [0.717, 1.165) is 12.1 Å². The van der Waals surface area contributed by atoms with E-state index >= 15 is 0 Å². The largest absolute Gasteiger partial charge is 0.449 e. The summed E-state index contributed by atoms with van der Waals surface area (Å²) >= 11 is 11.6. The van der Waals surface area contributed by atoms with Crippen molar-refractivity contribution in [2.24, 2.45) is 0 Å². The van der Waals surface area contributed by atoms with E-state index in [9.17, 15) is 14.0 Å². The van der Waals surface area contributed by atoms with Gasteiger partial charge < -0.3 is 10.1 Å². The minimum absolute atomic E-state index is 0.0479. The summed E-state index contributed by atoms with van der Waals surface area (Å²) in [6.45, 7) is 1.41.